The average Bonchev–Trinajstić information content (AvgIpc) is 3.48. The van der Waals surface area contributed by atoms with Gasteiger partial charge in [0.15, 0.2) is 0 Å². The standard InChI is InChI=1S/C25H29N5OS2/c1-29(2)15-19-7-4-3-6-18(19)14-26-24-23-20(21-8-5-13-32-21)17-33-25(23)28-22(27-24)16-30-9-11-31-12-10-30/h3-8,13,17H,9-12,14-16H2,1-2H3,(H,26,27,28). The summed E-state index contributed by atoms with van der Waals surface area (Å²) in [7, 11) is 4.21. The number of nitrogens with one attached hydrogen (secondary N) is 1. The van der Waals surface area contributed by atoms with E-state index < -0.39 is 0 Å². The molecular weight excluding hydrogens is 450 g/mol. The summed E-state index contributed by atoms with van der Waals surface area (Å²) in [6, 6.07) is 12.9. The van der Waals surface area contributed by atoms with E-state index in [4.69, 9.17) is 14.7 Å². The SMILES string of the molecule is CN(C)Cc1ccccc1CNc1nc(CN2CCOCC2)nc2scc(-c3cccs3)c12. The lowest BCUT2D eigenvalue weighted by Gasteiger charge is -2.25. The van der Waals surface area contributed by atoms with Crippen LogP contribution in [0.15, 0.2) is 47.2 Å². The fourth-order valence-corrected chi connectivity index (χ4v) is 5.94. The largest absolute Gasteiger partial charge is 0.379 e. The molecule has 0 saturated carbocycles. The van der Waals surface area contributed by atoms with Crippen molar-refractivity contribution < 1.29 is 4.74 Å². The molecule has 1 N–H and O–H groups in total. The minimum atomic E-state index is 0.729. The molecule has 1 aliphatic rings. The number of nitrogens with zero attached hydrogens (tertiary/aromatic N) is 4. The van der Waals surface area contributed by atoms with Crippen molar-refractivity contribution in [3.05, 3.63) is 64.1 Å². The van der Waals surface area contributed by atoms with Gasteiger partial charge in [-0.3, -0.25) is 4.90 Å². The fraction of sp³-hybridized carbons (Fsp3) is 0.360. The van der Waals surface area contributed by atoms with Gasteiger partial charge in [0.25, 0.3) is 0 Å². The number of anilines is 1. The maximum atomic E-state index is 5.51. The molecule has 6 nitrogen and oxygen atoms in total. The van der Waals surface area contributed by atoms with E-state index >= 15 is 0 Å². The molecule has 0 amide bonds. The maximum absolute atomic E-state index is 5.51. The van der Waals surface area contributed by atoms with E-state index in [1.54, 1.807) is 22.7 Å². The lowest BCUT2D eigenvalue weighted by Crippen LogP contribution is -2.36. The first-order valence-corrected chi connectivity index (χ1v) is 13.0. The first-order valence-electron chi connectivity index (χ1n) is 11.2. The topological polar surface area (TPSA) is 53.5 Å². The Morgan fingerprint density at radius 1 is 1.03 bits per heavy atom. The molecule has 4 aromatic rings. The third kappa shape index (κ3) is 5.26. The molecule has 0 atom stereocenters. The number of ether oxygens (including phenoxy) is 1. The van der Waals surface area contributed by atoms with Crippen LogP contribution in [-0.4, -0.2) is 60.2 Å². The highest BCUT2D eigenvalue weighted by Gasteiger charge is 2.19. The van der Waals surface area contributed by atoms with E-state index in [0.29, 0.717) is 0 Å². The number of rotatable bonds is 8. The smallest absolute Gasteiger partial charge is 0.146 e. The lowest BCUT2D eigenvalue weighted by molar-refractivity contribution is 0.0331. The molecule has 33 heavy (non-hydrogen) atoms. The summed E-state index contributed by atoms with van der Waals surface area (Å²) in [6.07, 6.45) is 0. The van der Waals surface area contributed by atoms with Crippen LogP contribution >= 0.6 is 22.7 Å². The molecule has 5 rings (SSSR count). The number of morpholine rings is 1. The third-order valence-corrected chi connectivity index (χ3v) is 7.56. The minimum Gasteiger partial charge on any atom is -0.379 e. The van der Waals surface area contributed by atoms with Crippen molar-refractivity contribution in [3.63, 3.8) is 0 Å². The highest BCUT2D eigenvalue weighted by atomic mass is 32.1. The third-order valence-electron chi connectivity index (χ3n) is 5.79. The number of benzene rings is 1. The predicted molar refractivity (Wildman–Crippen MR) is 138 cm³/mol. The molecule has 0 bridgehead atoms. The molecule has 1 aromatic carbocycles. The van der Waals surface area contributed by atoms with Gasteiger partial charge >= 0.3 is 0 Å². The molecule has 0 unspecified atom stereocenters. The highest BCUT2D eigenvalue weighted by Crippen LogP contribution is 2.39. The van der Waals surface area contributed by atoms with E-state index in [-0.39, 0.29) is 0 Å². The first kappa shape index (κ1) is 22.4. The van der Waals surface area contributed by atoms with E-state index in [2.05, 4.69) is 76.4 Å². The van der Waals surface area contributed by atoms with E-state index in [1.807, 2.05) is 0 Å². The second-order valence-electron chi connectivity index (χ2n) is 8.54. The highest BCUT2D eigenvalue weighted by molar-refractivity contribution is 7.18. The van der Waals surface area contributed by atoms with Crippen LogP contribution in [0.5, 0.6) is 0 Å². The van der Waals surface area contributed by atoms with Crippen LogP contribution in [0.1, 0.15) is 17.0 Å². The molecule has 1 aliphatic heterocycles. The molecule has 3 aromatic heterocycles. The average molecular weight is 480 g/mol. The van der Waals surface area contributed by atoms with Gasteiger partial charge in [-0.1, -0.05) is 30.3 Å². The van der Waals surface area contributed by atoms with Crippen molar-refractivity contribution in [2.45, 2.75) is 19.6 Å². The molecule has 1 fully saturated rings. The molecule has 0 spiro atoms. The van der Waals surface area contributed by atoms with E-state index in [0.717, 1.165) is 67.8 Å². The Bertz CT molecular complexity index is 1200. The van der Waals surface area contributed by atoms with Crippen LogP contribution in [0, 0.1) is 0 Å². The maximum Gasteiger partial charge on any atom is 0.146 e. The van der Waals surface area contributed by atoms with Crippen molar-refractivity contribution in [2.75, 3.05) is 45.7 Å². The zero-order chi connectivity index (χ0) is 22.6. The Morgan fingerprint density at radius 2 is 1.85 bits per heavy atom. The monoisotopic (exact) mass is 479 g/mol. The molecule has 1 saturated heterocycles. The van der Waals surface area contributed by atoms with Crippen LogP contribution in [0.25, 0.3) is 20.7 Å². The quantitative estimate of drug-likeness (QED) is 0.387. The van der Waals surface area contributed by atoms with Gasteiger partial charge in [-0.15, -0.1) is 22.7 Å². The van der Waals surface area contributed by atoms with E-state index in [9.17, 15) is 0 Å². The van der Waals surface area contributed by atoms with Crippen LogP contribution in [-0.2, 0) is 24.4 Å². The summed E-state index contributed by atoms with van der Waals surface area (Å²) in [5.41, 5.74) is 3.84. The normalized spacial score (nSPS) is 14.9. The number of fused-ring (bicyclic) bond motifs is 1. The van der Waals surface area contributed by atoms with Gasteiger partial charge < -0.3 is 15.0 Å². The molecule has 172 valence electrons. The van der Waals surface area contributed by atoms with Gasteiger partial charge in [-0.25, -0.2) is 9.97 Å². The number of hydrogen-bond donors (Lipinski definition) is 1. The molecule has 4 heterocycles. The predicted octanol–water partition coefficient (Wildman–Crippen LogP) is 4.93. The number of thiophene rings is 2. The first-order chi connectivity index (χ1) is 16.2. The fourth-order valence-electron chi connectivity index (χ4n) is 4.16. The Labute approximate surface area is 202 Å². The summed E-state index contributed by atoms with van der Waals surface area (Å²) in [5.74, 6) is 1.79. The summed E-state index contributed by atoms with van der Waals surface area (Å²) in [4.78, 5) is 16.9. The number of hydrogen-bond acceptors (Lipinski definition) is 8. The Morgan fingerprint density at radius 3 is 2.61 bits per heavy atom. The van der Waals surface area contributed by atoms with Gasteiger partial charge in [-0.05, 0) is 36.7 Å². The van der Waals surface area contributed by atoms with Gasteiger partial charge in [0.1, 0.15) is 16.5 Å². The Hall–Kier alpha value is -2.36. The van der Waals surface area contributed by atoms with Gasteiger partial charge in [0.2, 0.25) is 0 Å². The molecule has 0 radical (unpaired) electrons. The molecular formula is C25H29N5OS2. The zero-order valence-corrected chi connectivity index (χ0v) is 20.7. The summed E-state index contributed by atoms with van der Waals surface area (Å²) in [6.45, 7) is 5.79. The lowest BCUT2D eigenvalue weighted by atomic mass is 10.1. The van der Waals surface area contributed by atoms with Gasteiger partial charge in [-0.2, -0.15) is 0 Å². The second kappa shape index (κ2) is 10.3. The van der Waals surface area contributed by atoms with Crippen LogP contribution in [0.3, 0.4) is 0 Å². The Kier molecular flexibility index (Phi) is 6.99. The van der Waals surface area contributed by atoms with Crippen molar-refractivity contribution in [3.8, 4) is 10.4 Å². The summed E-state index contributed by atoms with van der Waals surface area (Å²) in [5, 5.41) is 9.14. The van der Waals surface area contributed by atoms with Crippen molar-refractivity contribution in [2.24, 2.45) is 0 Å². The zero-order valence-electron chi connectivity index (χ0n) is 19.1. The van der Waals surface area contributed by atoms with Crippen molar-refractivity contribution in [1.82, 2.24) is 19.8 Å². The summed E-state index contributed by atoms with van der Waals surface area (Å²) >= 11 is 3.46. The molecule has 0 aliphatic carbocycles. The van der Waals surface area contributed by atoms with Crippen LogP contribution < -0.4 is 5.32 Å². The minimum absolute atomic E-state index is 0.729. The summed E-state index contributed by atoms with van der Waals surface area (Å²) < 4.78 is 5.51. The Balaban J connectivity index is 1.49. The second-order valence-corrected chi connectivity index (χ2v) is 10.3. The molecule has 8 heteroatoms. The van der Waals surface area contributed by atoms with Crippen LogP contribution in [0.2, 0.25) is 0 Å². The van der Waals surface area contributed by atoms with Gasteiger partial charge in [0, 0.05) is 42.0 Å². The van der Waals surface area contributed by atoms with Crippen LogP contribution in [0.4, 0.5) is 5.82 Å². The van der Waals surface area contributed by atoms with Gasteiger partial charge in [0.05, 0.1) is 25.1 Å². The van der Waals surface area contributed by atoms with Crippen molar-refractivity contribution in [1.29, 1.82) is 0 Å². The van der Waals surface area contributed by atoms with E-state index in [1.165, 1.54) is 21.6 Å². The number of aromatic nitrogens is 2. The van der Waals surface area contributed by atoms with Crippen molar-refractivity contribution >= 4 is 38.7 Å².